The number of aryl methyl sites for hydroxylation is 2. The Kier molecular flexibility index (Phi) is 7.44. The lowest BCUT2D eigenvalue weighted by Crippen LogP contribution is -2.53. The van der Waals surface area contributed by atoms with E-state index in [9.17, 15) is 14.4 Å². The number of Topliss-reactive ketones (excluding diaryl/α,β-unsaturated/α-hetero) is 1. The third-order valence-electron chi connectivity index (χ3n) is 8.52. The van der Waals surface area contributed by atoms with Crippen LogP contribution in [0.5, 0.6) is 11.6 Å². The smallest absolute Gasteiger partial charge is 0.262 e. The SMILES string of the molecule is C=CC(=O)N[C@H]1CCC[C@H]1NC(=O)c1sc2c(N)ccc3c2c1C(N)C(=O)C3(N)c1ccc(Oc2cccnc2C)nc1C. The van der Waals surface area contributed by atoms with Crippen LogP contribution in [0.1, 0.15) is 63.1 Å². The highest BCUT2D eigenvalue weighted by Gasteiger charge is 2.49. The molecule has 2 amide bonds. The van der Waals surface area contributed by atoms with Crippen LogP contribution in [0.4, 0.5) is 5.69 Å². The molecule has 12 heteroatoms. The largest absolute Gasteiger partial charge is 0.437 e. The monoisotopic (exact) mass is 611 g/mol. The number of amides is 2. The van der Waals surface area contributed by atoms with Crippen LogP contribution in [-0.2, 0) is 15.1 Å². The molecule has 11 nitrogen and oxygen atoms in total. The Morgan fingerprint density at radius 1 is 1.09 bits per heavy atom. The van der Waals surface area contributed by atoms with Gasteiger partial charge in [0.25, 0.3) is 5.91 Å². The summed E-state index contributed by atoms with van der Waals surface area (Å²) in [6.07, 6.45) is 5.16. The Balaban J connectivity index is 1.40. The van der Waals surface area contributed by atoms with Gasteiger partial charge in [0.05, 0.1) is 21.3 Å². The molecule has 1 aromatic carbocycles. The van der Waals surface area contributed by atoms with E-state index in [-0.39, 0.29) is 23.9 Å². The molecule has 2 aliphatic rings. The lowest BCUT2D eigenvalue weighted by molar-refractivity contribution is -0.124. The van der Waals surface area contributed by atoms with Crippen molar-refractivity contribution in [3.05, 3.63) is 88.2 Å². The molecule has 8 N–H and O–H groups in total. The van der Waals surface area contributed by atoms with Crippen LogP contribution in [0.15, 0.2) is 55.3 Å². The van der Waals surface area contributed by atoms with Gasteiger partial charge in [0.1, 0.15) is 5.54 Å². The Morgan fingerprint density at radius 2 is 1.82 bits per heavy atom. The maximum absolute atomic E-state index is 14.2. The number of carbonyl (C=O) groups is 3. The molecule has 3 heterocycles. The van der Waals surface area contributed by atoms with Gasteiger partial charge in [-0.25, -0.2) is 4.98 Å². The zero-order chi connectivity index (χ0) is 31.3. The molecule has 1 saturated carbocycles. The molecular formula is C32H33N7O4S. The van der Waals surface area contributed by atoms with Crippen molar-refractivity contribution >= 4 is 44.7 Å². The summed E-state index contributed by atoms with van der Waals surface area (Å²) in [6.45, 7) is 7.10. The third-order valence-corrected chi connectivity index (χ3v) is 9.78. The summed E-state index contributed by atoms with van der Waals surface area (Å²) in [4.78, 5) is 49.0. The first-order valence-electron chi connectivity index (χ1n) is 14.3. The van der Waals surface area contributed by atoms with E-state index in [1.165, 1.54) is 17.4 Å². The third kappa shape index (κ3) is 4.71. The molecule has 6 rings (SSSR count). The molecule has 4 atom stereocenters. The molecule has 0 spiro atoms. The van der Waals surface area contributed by atoms with Gasteiger partial charge in [-0.05, 0) is 69.0 Å². The number of ketones is 1. The standard InChI is InChI=1S/C32H33N7O4S/c1-4-23(40)38-20-7-5-8-21(20)39-31(42)29-26-25-18(10-12-19(33)28(25)44-29)32(35,30(41)27(26)34)17-11-13-24(37-15(17)2)43-22-9-6-14-36-16(22)3/h4,6,9-14,20-21,27H,1,5,7-8,33-35H2,2-3H3,(H,38,40)(H,39,42)/t20-,21+,27?,32?/m0/s1. The number of carbonyl (C=O) groups excluding carboxylic acids is 3. The second-order valence-electron chi connectivity index (χ2n) is 11.2. The molecule has 2 aliphatic carbocycles. The predicted octanol–water partition coefficient (Wildman–Crippen LogP) is 3.42. The molecular weight excluding hydrogens is 578 g/mol. The fourth-order valence-electron chi connectivity index (χ4n) is 6.31. The number of thiophene rings is 1. The maximum Gasteiger partial charge on any atom is 0.262 e. The number of hydrogen-bond acceptors (Lipinski definition) is 10. The predicted molar refractivity (Wildman–Crippen MR) is 168 cm³/mol. The van der Waals surface area contributed by atoms with Gasteiger partial charge in [0, 0.05) is 52.2 Å². The molecule has 0 aliphatic heterocycles. The van der Waals surface area contributed by atoms with Gasteiger partial charge >= 0.3 is 0 Å². The van der Waals surface area contributed by atoms with Crippen molar-refractivity contribution < 1.29 is 19.1 Å². The number of nitrogen functional groups attached to an aromatic ring is 1. The molecule has 2 unspecified atom stereocenters. The fourth-order valence-corrected chi connectivity index (χ4v) is 7.51. The normalized spacial score (nSPS) is 22.5. The van der Waals surface area contributed by atoms with E-state index in [0.29, 0.717) is 66.8 Å². The minimum absolute atomic E-state index is 0.229. The van der Waals surface area contributed by atoms with Gasteiger partial charge in [-0.1, -0.05) is 12.6 Å². The number of benzene rings is 1. The summed E-state index contributed by atoms with van der Waals surface area (Å²) >= 11 is 1.18. The minimum Gasteiger partial charge on any atom is -0.437 e. The minimum atomic E-state index is -1.65. The van der Waals surface area contributed by atoms with E-state index in [0.717, 1.165) is 12.8 Å². The van der Waals surface area contributed by atoms with Crippen molar-refractivity contribution in [2.75, 3.05) is 5.73 Å². The highest BCUT2D eigenvalue weighted by Crippen LogP contribution is 2.50. The van der Waals surface area contributed by atoms with Crippen LogP contribution in [0.25, 0.3) is 10.1 Å². The Morgan fingerprint density at radius 3 is 2.52 bits per heavy atom. The lowest BCUT2D eigenvalue weighted by Gasteiger charge is -2.37. The fraction of sp³-hybridized carbons (Fsp3) is 0.281. The van der Waals surface area contributed by atoms with E-state index in [1.807, 2.05) is 6.92 Å². The van der Waals surface area contributed by atoms with Crippen LogP contribution < -0.4 is 32.6 Å². The first-order valence-corrected chi connectivity index (χ1v) is 15.1. The molecule has 0 bridgehead atoms. The van der Waals surface area contributed by atoms with Gasteiger partial charge in [-0.2, -0.15) is 0 Å². The highest BCUT2D eigenvalue weighted by molar-refractivity contribution is 7.21. The summed E-state index contributed by atoms with van der Waals surface area (Å²) in [5.41, 5.74) is 21.5. The van der Waals surface area contributed by atoms with Gasteiger partial charge in [0.2, 0.25) is 11.8 Å². The Labute approximate surface area is 257 Å². The lowest BCUT2D eigenvalue weighted by atomic mass is 9.70. The second kappa shape index (κ2) is 11.1. The van der Waals surface area contributed by atoms with Gasteiger partial charge < -0.3 is 32.6 Å². The highest BCUT2D eigenvalue weighted by atomic mass is 32.1. The van der Waals surface area contributed by atoms with Crippen LogP contribution >= 0.6 is 11.3 Å². The summed E-state index contributed by atoms with van der Waals surface area (Å²) in [5.74, 6) is -0.262. The van der Waals surface area contributed by atoms with Crippen molar-refractivity contribution in [2.24, 2.45) is 11.5 Å². The van der Waals surface area contributed by atoms with Crippen molar-refractivity contribution in [1.29, 1.82) is 0 Å². The number of anilines is 1. The number of nitrogens with one attached hydrogen (secondary N) is 2. The molecule has 0 saturated heterocycles. The summed E-state index contributed by atoms with van der Waals surface area (Å²) in [7, 11) is 0. The number of hydrogen-bond donors (Lipinski definition) is 5. The first-order chi connectivity index (χ1) is 21.0. The van der Waals surface area contributed by atoms with Crippen molar-refractivity contribution in [3.8, 4) is 11.6 Å². The van der Waals surface area contributed by atoms with Crippen LogP contribution in [0.3, 0.4) is 0 Å². The molecule has 44 heavy (non-hydrogen) atoms. The van der Waals surface area contributed by atoms with E-state index in [2.05, 4.69) is 27.2 Å². The van der Waals surface area contributed by atoms with Gasteiger partial charge in [-0.15, -0.1) is 11.3 Å². The first kappa shape index (κ1) is 29.4. The number of nitrogens with two attached hydrogens (primary N) is 3. The summed E-state index contributed by atoms with van der Waals surface area (Å²) in [6, 6.07) is 8.64. The van der Waals surface area contributed by atoms with Crippen molar-refractivity contribution in [3.63, 3.8) is 0 Å². The number of ether oxygens (including phenoxy) is 1. The van der Waals surface area contributed by atoms with Gasteiger partial charge in [0.15, 0.2) is 11.5 Å². The number of nitrogens with zero attached hydrogens (tertiary/aromatic N) is 2. The summed E-state index contributed by atoms with van der Waals surface area (Å²) < 4.78 is 6.58. The summed E-state index contributed by atoms with van der Waals surface area (Å²) in [5, 5.41) is 6.54. The van der Waals surface area contributed by atoms with E-state index in [1.54, 1.807) is 49.5 Å². The van der Waals surface area contributed by atoms with Crippen molar-refractivity contribution in [2.45, 2.75) is 56.8 Å². The van der Waals surface area contributed by atoms with Gasteiger partial charge in [-0.3, -0.25) is 19.4 Å². The zero-order valence-corrected chi connectivity index (χ0v) is 25.2. The number of rotatable bonds is 7. The molecule has 226 valence electrons. The van der Waals surface area contributed by atoms with E-state index < -0.39 is 17.4 Å². The topological polar surface area (TPSA) is 188 Å². The zero-order valence-electron chi connectivity index (χ0n) is 24.3. The number of aromatic nitrogens is 2. The molecule has 4 aromatic rings. The van der Waals surface area contributed by atoms with Crippen molar-refractivity contribution in [1.82, 2.24) is 20.6 Å². The molecule has 1 fully saturated rings. The van der Waals surface area contributed by atoms with E-state index >= 15 is 0 Å². The number of pyridine rings is 2. The molecule has 3 aromatic heterocycles. The maximum atomic E-state index is 14.2. The quantitative estimate of drug-likeness (QED) is 0.154. The molecule has 0 radical (unpaired) electrons. The second-order valence-corrected chi connectivity index (χ2v) is 12.2. The average molecular weight is 612 g/mol. The van der Waals surface area contributed by atoms with E-state index in [4.69, 9.17) is 21.9 Å². The van der Waals surface area contributed by atoms with Crippen LogP contribution in [0.2, 0.25) is 0 Å². The van der Waals surface area contributed by atoms with Crippen LogP contribution in [-0.4, -0.2) is 39.6 Å². The Hall–Kier alpha value is -4.65. The Bertz CT molecular complexity index is 1850. The average Bonchev–Trinajstić information content (AvgIpc) is 3.62. The van der Waals surface area contributed by atoms with Crippen LogP contribution in [0, 0.1) is 13.8 Å².